The fraction of sp³-hybridized carbons (Fsp3) is 0.848. The molecule has 0 radical (unpaired) electrons. The number of carbonyl (C=O) groups is 5. The molecule has 2 fully saturated rings. The zero-order valence-corrected chi connectivity index (χ0v) is 29.2. The van der Waals surface area contributed by atoms with Crippen molar-refractivity contribution in [1.82, 2.24) is 20.4 Å². The van der Waals surface area contributed by atoms with Gasteiger partial charge in [0, 0.05) is 38.6 Å². The molecule has 2 saturated heterocycles. The first-order valence-electron chi connectivity index (χ1n) is 16.9. The highest BCUT2D eigenvalue weighted by atomic mass is 16.6. The van der Waals surface area contributed by atoms with Crippen LogP contribution in [0.4, 0.5) is 9.59 Å². The minimum absolute atomic E-state index is 0.0824. The second-order valence-corrected chi connectivity index (χ2v) is 14.6. The Morgan fingerprint density at radius 1 is 0.761 bits per heavy atom. The first-order chi connectivity index (χ1) is 21.5. The summed E-state index contributed by atoms with van der Waals surface area (Å²) in [4.78, 5) is 65.9. The molecule has 2 heterocycles. The molecule has 0 aromatic heterocycles. The fourth-order valence-electron chi connectivity index (χ4n) is 5.67. The van der Waals surface area contributed by atoms with Crippen LogP contribution in [-0.2, 0) is 28.6 Å². The van der Waals surface area contributed by atoms with Crippen LogP contribution in [0, 0.1) is 17.8 Å². The summed E-state index contributed by atoms with van der Waals surface area (Å²) < 4.78 is 15.9. The van der Waals surface area contributed by atoms with Gasteiger partial charge in [-0.2, -0.15) is 0 Å². The third-order valence-electron chi connectivity index (χ3n) is 8.28. The molecule has 0 bridgehead atoms. The number of carbonyl (C=O) groups excluding carboxylic acids is 5. The Bertz CT molecular complexity index is 956. The van der Waals surface area contributed by atoms with Gasteiger partial charge in [-0.05, 0) is 112 Å². The molecule has 0 aromatic rings. The number of rotatable bonds is 13. The molecule has 4 N–H and O–H groups in total. The maximum Gasteiger partial charge on any atom is 0.410 e. The molecule has 4 amide bonds. The van der Waals surface area contributed by atoms with Crippen molar-refractivity contribution in [2.24, 2.45) is 23.5 Å². The number of nitrogens with two attached hydrogens (primary N) is 1. The van der Waals surface area contributed by atoms with Gasteiger partial charge in [0.05, 0.1) is 13.2 Å². The number of amides is 4. The van der Waals surface area contributed by atoms with Gasteiger partial charge in [-0.3, -0.25) is 14.4 Å². The van der Waals surface area contributed by atoms with Gasteiger partial charge in [-0.1, -0.05) is 0 Å². The lowest BCUT2D eigenvalue weighted by atomic mass is 9.84. The minimum atomic E-state index is -0.976. The Morgan fingerprint density at radius 2 is 1.20 bits per heavy atom. The normalized spacial score (nSPS) is 17.3. The average Bonchev–Trinajstić information content (AvgIpc) is 2.97. The van der Waals surface area contributed by atoms with E-state index < -0.39 is 29.1 Å². The van der Waals surface area contributed by atoms with E-state index in [-0.39, 0.29) is 43.7 Å². The molecular formula is C33H59N5O8. The van der Waals surface area contributed by atoms with Crippen LogP contribution in [0.25, 0.3) is 0 Å². The molecule has 0 aliphatic carbocycles. The van der Waals surface area contributed by atoms with Gasteiger partial charge in [-0.15, -0.1) is 0 Å². The van der Waals surface area contributed by atoms with Crippen LogP contribution in [-0.4, -0.2) is 103 Å². The van der Waals surface area contributed by atoms with E-state index in [2.05, 4.69) is 10.6 Å². The molecule has 2 rings (SSSR count). The zero-order valence-electron chi connectivity index (χ0n) is 29.2. The van der Waals surface area contributed by atoms with Gasteiger partial charge in [0.25, 0.3) is 0 Å². The maximum atomic E-state index is 13.3. The van der Waals surface area contributed by atoms with Crippen molar-refractivity contribution in [2.75, 3.05) is 45.9 Å². The third kappa shape index (κ3) is 15.0. The monoisotopic (exact) mass is 653 g/mol. The minimum Gasteiger partial charge on any atom is -0.465 e. The van der Waals surface area contributed by atoms with Gasteiger partial charge in [0.2, 0.25) is 11.8 Å². The van der Waals surface area contributed by atoms with E-state index in [1.54, 1.807) is 16.7 Å². The van der Waals surface area contributed by atoms with Crippen LogP contribution in [0.3, 0.4) is 0 Å². The first-order valence-corrected chi connectivity index (χ1v) is 16.9. The van der Waals surface area contributed by atoms with Crippen molar-refractivity contribution in [2.45, 2.75) is 117 Å². The van der Waals surface area contributed by atoms with E-state index in [9.17, 15) is 24.0 Å². The largest absolute Gasteiger partial charge is 0.465 e. The van der Waals surface area contributed by atoms with Crippen molar-refractivity contribution in [3.05, 3.63) is 0 Å². The average molecular weight is 654 g/mol. The van der Waals surface area contributed by atoms with Crippen LogP contribution in [0.1, 0.15) is 99.8 Å². The predicted octanol–water partition coefficient (Wildman–Crippen LogP) is 3.58. The molecule has 1 atom stereocenters. The van der Waals surface area contributed by atoms with E-state index in [1.807, 2.05) is 41.5 Å². The maximum absolute atomic E-state index is 13.3. The smallest absolute Gasteiger partial charge is 0.410 e. The van der Waals surface area contributed by atoms with Gasteiger partial charge in [0.1, 0.15) is 17.2 Å². The van der Waals surface area contributed by atoms with E-state index in [4.69, 9.17) is 19.9 Å². The summed E-state index contributed by atoms with van der Waals surface area (Å²) in [6, 6.07) is -0.976. The molecule has 2 aliphatic heterocycles. The number of esters is 1. The van der Waals surface area contributed by atoms with Crippen molar-refractivity contribution < 1.29 is 38.2 Å². The van der Waals surface area contributed by atoms with E-state index in [1.165, 1.54) is 0 Å². The topological polar surface area (TPSA) is 170 Å². The van der Waals surface area contributed by atoms with Crippen LogP contribution in [0.2, 0.25) is 0 Å². The predicted molar refractivity (Wildman–Crippen MR) is 174 cm³/mol. The summed E-state index contributed by atoms with van der Waals surface area (Å²) in [7, 11) is 0. The van der Waals surface area contributed by atoms with E-state index in [0.717, 1.165) is 38.5 Å². The molecule has 13 heteroatoms. The van der Waals surface area contributed by atoms with Crippen LogP contribution in [0.5, 0.6) is 0 Å². The number of hydrogen-bond acceptors (Lipinski definition) is 9. The molecule has 0 unspecified atom stereocenters. The summed E-state index contributed by atoms with van der Waals surface area (Å²) in [6.07, 6.45) is 5.85. The molecule has 264 valence electrons. The highest BCUT2D eigenvalue weighted by Crippen LogP contribution is 2.30. The summed E-state index contributed by atoms with van der Waals surface area (Å²) in [5, 5.41) is 5.35. The standard InChI is InChI=1S/C33H59N5O8/c1-8-44-29(41)26(34)21-35-27(39)22-36-28(40)25(11-9-23-13-17-37(18-14-23)30(42)45-32(2,3)4)12-10-24-15-19-38(20-16-24)31(43)46-33(5,6)7/h23-26H,8-22,34H2,1-7H3,(H,35,39)(H,36,40)/t26-/m0/s1. The van der Waals surface area contributed by atoms with Gasteiger partial charge in [0.15, 0.2) is 0 Å². The highest BCUT2D eigenvalue weighted by molar-refractivity contribution is 5.86. The van der Waals surface area contributed by atoms with E-state index in [0.29, 0.717) is 50.9 Å². The molecule has 0 aromatic carbocycles. The lowest BCUT2D eigenvalue weighted by Gasteiger charge is -2.34. The SMILES string of the molecule is CCOC(=O)[C@@H](N)CNC(=O)CNC(=O)C(CCC1CCN(C(=O)OC(C)(C)C)CC1)CCC1CCN(C(=O)OC(C)(C)C)CC1. The Kier molecular flexibility index (Phi) is 15.6. The zero-order chi connectivity index (χ0) is 34.5. The molecule has 46 heavy (non-hydrogen) atoms. The quantitative estimate of drug-likeness (QED) is 0.199. The van der Waals surface area contributed by atoms with Crippen LogP contribution >= 0.6 is 0 Å². The third-order valence-corrected chi connectivity index (χ3v) is 8.28. The number of nitrogens with zero attached hydrogens (tertiary/aromatic N) is 2. The highest BCUT2D eigenvalue weighted by Gasteiger charge is 2.30. The Labute approximate surface area is 275 Å². The van der Waals surface area contributed by atoms with Crippen LogP contribution in [0.15, 0.2) is 0 Å². The molecular weight excluding hydrogens is 594 g/mol. The summed E-state index contributed by atoms with van der Waals surface area (Å²) in [5.74, 6) is -0.710. The lowest BCUT2D eigenvalue weighted by Crippen LogP contribution is -2.46. The molecule has 2 aliphatic rings. The first kappa shape index (κ1) is 39.1. The van der Waals surface area contributed by atoms with Crippen molar-refractivity contribution in [1.29, 1.82) is 0 Å². The number of hydrogen-bond donors (Lipinski definition) is 3. The van der Waals surface area contributed by atoms with Crippen LogP contribution < -0.4 is 16.4 Å². The number of nitrogens with one attached hydrogen (secondary N) is 2. The second-order valence-electron chi connectivity index (χ2n) is 14.6. The fourth-order valence-corrected chi connectivity index (χ4v) is 5.67. The van der Waals surface area contributed by atoms with Crippen molar-refractivity contribution >= 4 is 30.0 Å². The number of ether oxygens (including phenoxy) is 3. The summed E-state index contributed by atoms with van der Waals surface area (Å²) in [5.41, 5.74) is 4.67. The summed E-state index contributed by atoms with van der Waals surface area (Å²) >= 11 is 0. The van der Waals surface area contributed by atoms with Gasteiger partial charge in [-0.25, -0.2) is 9.59 Å². The van der Waals surface area contributed by atoms with Gasteiger partial charge >= 0.3 is 18.2 Å². The number of likely N-dealkylation sites (tertiary alicyclic amines) is 2. The Morgan fingerprint density at radius 3 is 1.59 bits per heavy atom. The summed E-state index contributed by atoms with van der Waals surface area (Å²) in [6.45, 7) is 15.2. The van der Waals surface area contributed by atoms with E-state index >= 15 is 0 Å². The van der Waals surface area contributed by atoms with Crippen molar-refractivity contribution in [3.8, 4) is 0 Å². The lowest BCUT2D eigenvalue weighted by molar-refractivity contribution is -0.144. The Balaban J connectivity index is 1.90. The van der Waals surface area contributed by atoms with Crippen molar-refractivity contribution in [3.63, 3.8) is 0 Å². The Hall–Kier alpha value is -3.09. The molecule has 0 saturated carbocycles. The number of piperidine rings is 2. The molecule has 13 nitrogen and oxygen atoms in total. The molecule has 0 spiro atoms. The second kappa shape index (κ2) is 18.3. The van der Waals surface area contributed by atoms with Gasteiger partial charge < -0.3 is 40.4 Å².